The molecule has 1 saturated heterocycles. The summed E-state index contributed by atoms with van der Waals surface area (Å²) in [5.74, 6) is 1.40. The average molecular weight is 501 g/mol. The van der Waals surface area contributed by atoms with Crippen LogP contribution in [0.4, 0.5) is 5.69 Å². The van der Waals surface area contributed by atoms with Crippen molar-refractivity contribution in [2.45, 2.75) is 70.6 Å². The molecule has 0 bridgehead atoms. The molecule has 3 aromatic carbocycles. The minimum Gasteiger partial charge on any atom is -0.489 e. The third kappa shape index (κ3) is 6.19. The SMILES string of the molecule is CC(C)Oc1ccc(C(C)(C)C)cc1N(C)C1C(CCO)CNC1C(c1ccccc1)c1ccccc1. The number of benzene rings is 3. The summed E-state index contributed by atoms with van der Waals surface area (Å²) in [4.78, 5) is 2.43. The van der Waals surface area contributed by atoms with Crippen LogP contribution >= 0.6 is 0 Å². The third-order valence-corrected chi connectivity index (χ3v) is 7.66. The Kier molecular flexibility index (Phi) is 8.61. The van der Waals surface area contributed by atoms with Crippen LogP contribution in [0.5, 0.6) is 5.75 Å². The van der Waals surface area contributed by atoms with Crippen molar-refractivity contribution in [3.05, 3.63) is 95.6 Å². The van der Waals surface area contributed by atoms with E-state index in [9.17, 15) is 5.11 Å². The molecule has 1 aliphatic rings. The summed E-state index contributed by atoms with van der Waals surface area (Å²) in [5, 5.41) is 13.9. The molecular weight excluding hydrogens is 456 g/mol. The summed E-state index contributed by atoms with van der Waals surface area (Å²) in [6.45, 7) is 12.0. The van der Waals surface area contributed by atoms with E-state index in [0.29, 0.717) is 5.92 Å². The lowest BCUT2D eigenvalue weighted by molar-refractivity contribution is 0.239. The summed E-state index contributed by atoms with van der Waals surface area (Å²) in [7, 11) is 2.21. The Morgan fingerprint density at radius 2 is 1.54 bits per heavy atom. The Labute approximate surface area is 223 Å². The van der Waals surface area contributed by atoms with Gasteiger partial charge < -0.3 is 20.1 Å². The van der Waals surface area contributed by atoms with Crippen molar-refractivity contribution in [1.29, 1.82) is 0 Å². The highest BCUT2D eigenvalue weighted by atomic mass is 16.5. The second-order valence-electron chi connectivity index (χ2n) is 11.7. The Morgan fingerprint density at radius 3 is 2.05 bits per heavy atom. The molecule has 3 atom stereocenters. The topological polar surface area (TPSA) is 44.7 Å². The number of hydrogen-bond donors (Lipinski definition) is 2. The van der Waals surface area contributed by atoms with Gasteiger partial charge in [-0.05, 0) is 60.4 Å². The minimum absolute atomic E-state index is 0.0282. The quantitative estimate of drug-likeness (QED) is 0.358. The van der Waals surface area contributed by atoms with Gasteiger partial charge in [0.2, 0.25) is 0 Å². The number of anilines is 1. The first kappa shape index (κ1) is 27.2. The molecule has 1 aliphatic heterocycles. The van der Waals surface area contributed by atoms with E-state index in [1.54, 1.807) is 0 Å². The highest BCUT2D eigenvalue weighted by Crippen LogP contribution is 2.41. The van der Waals surface area contributed by atoms with Crippen molar-refractivity contribution in [1.82, 2.24) is 5.32 Å². The first-order valence-corrected chi connectivity index (χ1v) is 13.7. The first-order valence-electron chi connectivity index (χ1n) is 13.7. The van der Waals surface area contributed by atoms with Gasteiger partial charge >= 0.3 is 0 Å². The molecule has 4 heteroatoms. The number of ether oxygens (including phenoxy) is 1. The van der Waals surface area contributed by atoms with Crippen molar-refractivity contribution in [3.8, 4) is 5.75 Å². The fraction of sp³-hybridized carbons (Fsp3) is 0.455. The number of hydrogen-bond acceptors (Lipinski definition) is 4. The number of likely N-dealkylation sites (N-methyl/N-ethyl adjacent to an activating group) is 1. The lowest BCUT2D eigenvalue weighted by atomic mass is 9.79. The number of aliphatic hydroxyl groups excluding tert-OH is 1. The predicted molar refractivity (Wildman–Crippen MR) is 155 cm³/mol. The van der Waals surface area contributed by atoms with E-state index < -0.39 is 0 Å². The summed E-state index contributed by atoms with van der Waals surface area (Å²) in [6, 6.07) is 28.6. The molecule has 1 heterocycles. The van der Waals surface area contributed by atoms with Gasteiger partial charge in [0.05, 0.1) is 11.8 Å². The summed E-state index contributed by atoms with van der Waals surface area (Å²) < 4.78 is 6.34. The van der Waals surface area contributed by atoms with Gasteiger partial charge in [0.25, 0.3) is 0 Å². The maximum Gasteiger partial charge on any atom is 0.142 e. The van der Waals surface area contributed by atoms with Crippen molar-refractivity contribution in [2.75, 3.05) is 25.1 Å². The molecule has 1 fully saturated rings. The van der Waals surface area contributed by atoms with Gasteiger partial charge in [-0.2, -0.15) is 0 Å². The van der Waals surface area contributed by atoms with Crippen molar-refractivity contribution < 1.29 is 9.84 Å². The molecule has 198 valence electrons. The number of rotatable bonds is 9. The van der Waals surface area contributed by atoms with Crippen molar-refractivity contribution in [3.63, 3.8) is 0 Å². The summed E-state index contributed by atoms with van der Waals surface area (Å²) >= 11 is 0. The van der Waals surface area contributed by atoms with E-state index in [0.717, 1.165) is 24.4 Å². The molecule has 4 rings (SSSR count). The van der Waals surface area contributed by atoms with Crippen LogP contribution in [-0.4, -0.2) is 43.5 Å². The molecule has 0 aromatic heterocycles. The predicted octanol–water partition coefficient (Wildman–Crippen LogP) is 6.38. The van der Waals surface area contributed by atoms with E-state index in [4.69, 9.17) is 4.74 Å². The van der Waals surface area contributed by atoms with Crippen LogP contribution in [0, 0.1) is 5.92 Å². The molecular formula is C33H44N2O2. The van der Waals surface area contributed by atoms with Crippen LogP contribution in [0.25, 0.3) is 0 Å². The number of aliphatic hydroxyl groups is 1. The van der Waals surface area contributed by atoms with E-state index in [1.165, 1.54) is 16.7 Å². The van der Waals surface area contributed by atoms with Gasteiger partial charge in [0.15, 0.2) is 0 Å². The zero-order chi connectivity index (χ0) is 26.6. The normalized spacial score (nSPS) is 20.0. The highest BCUT2D eigenvalue weighted by molar-refractivity contribution is 5.62. The smallest absolute Gasteiger partial charge is 0.142 e. The van der Waals surface area contributed by atoms with Gasteiger partial charge in [0.1, 0.15) is 5.75 Å². The van der Waals surface area contributed by atoms with Gasteiger partial charge in [-0.1, -0.05) is 87.5 Å². The standard InChI is InChI=1S/C33H44N2O2/c1-23(2)37-29-18-17-27(33(3,4)5)21-28(29)35(6)32-26(19-20-36)22-34-31(32)30(24-13-9-7-10-14-24)25-15-11-8-12-16-25/h7-18,21,23,26,30-32,34,36H,19-20,22H2,1-6H3. The zero-order valence-electron chi connectivity index (χ0n) is 23.3. The minimum atomic E-state index is 0.0282. The Bertz CT molecular complexity index is 1080. The van der Waals surface area contributed by atoms with Crippen LogP contribution < -0.4 is 15.0 Å². The molecule has 2 N–H and O–H groups in total. The lowest BCUT2D eigenvalue weighted by Gasteiger charge is -2.39. The van der Waals surface area contributed by atoms with Crippen molar-refractivity contribution in [2.24, 2.45) is 5.92 Å². The Balaban J connectivity index is 1.83. The molecule has 0 amide bonds. The zero-order valence-corrected chi connectivity index (χ0v) is 23.3. The van der Waals surface area contributed by atoms with Gasteiger partial charge in [0, 0.05) is 38.2 Å². The molecule has 37 heavy (non-hydrogen) atoms. The van der Waals surface area contributed by atoms with Crippen LogP contribution in [0.1, 0.15) is 63.6 Å². The fourth-order valence-electron chi connectivity index (χ4n) is 5.83. The Morgan fingerprint density at radius 1 is 0.946 bits per heavy atom. The maximum absolute atomic E-state index is 10.0. The van der Waals surface area contributed by atoms with Crippen LogP contribution in [0.15, 0.2) is 78.9 Å². The molecule has 3 unspecified atom stereocenters. The molecule has 0 aliphatic carbocycles. The third-order valence-electron chi connectivity index (χ3n) is 7.66. The number of nitrogens with zero attached hydrogens (tertiary/aromatic N) is 1. The van der Waals surface area contributed by atoms with E-state index in [1.807, 2.05) is 0 Å². The second-order valence-corrected chi connectivity index (χ2v) is 11.7. The van der Waals surface area contributed by atoms with E-state index >= 15 is 0 Å². The lowest BCUT2D eigenvalue weighted by Crippen LogP contribution is -2.48. The second kappa shape index (κ2) is 11.7. The molecule has 0 spiro atoms. The van der Waals surface area contributed by atoms with E-state index in [2.05, 4.69) is 131 Å². The van der Waals surface area contributed by atoms with Crippen LogP contribution in [-0.2, 0) is 5.41 Å². The van der Waals surface area contributed by atoms with Gasteiger partial charge in [-0.3, -0.25) is 0 Å². The maximum atomic E-state index is 10.0. The van der Waals surface area contributed by atoms with Gasteiger partial charge in [-0.15, -0.1) is 0 Å². The monoisotopic (exact) mass is 500 g/mol. The van der Waals surface area contributed by atoms with Gasteiger partial charge in [-0.25, -0.2) is 0 Å². The number of nitrogens with one attached hydrogen (secondary N) is 1. The fourth-order valence-corrected chi connectivity index (χ4v) is 5.83. The highest BCUT2D eigenvalue weighted by Gasteiger charge is 2.44. The summed E-state index contributed by atoms with van der Waals surface area (Å²) in [6.07, 6.45) is 0.841. The average Bonchev–Trinajstić information content (AvgIpc) is 3.27. The molecule has 0 saturated carbocycles. The molecule has 0 radical (unpaired) electrons. The van der Waals surface area contributed by atoms with Crippen LogP contribution in [0.2, 0.25) is 0 Å². The molecule has 4 nitrogen and oxygen atoms in total. The van der Waals surface area contributed by atoms with Crippen molar-refractivity contribution >= 4 is 5.69 Å². The Hall–Kier alpha value is -2.82. The van der Waals surface area contributed by atoms with Crippen LogP contribution in [0.3, 0.4) is 0 Å². The molecule has 3 aromatic rings. The largest absolute Gasteiger partial charge is 0.489 e. The summed E-state index contributed by atoms with van der Waals surface area (Å²) in [5.41, 5.74) is 5.03. The van der Waals surface area contributed by atoms with E-state index in [-0.39, 0.29) is 36.1 Å². The first-order chi connectivity index (χ1) is 17.7.